The summed E-state index contributed by atoms with van der Waals surface area (Å²) in [6, 6.07) is 5.12. The lowest BCUT2D eigenvalue weighted by atomic mass is 10.1. The number of ether oxygens (including phenoxy) is 2. The number of anilines is 2. The molecule has 0 spiro atoms. The Labute approximate surface area is 210 Å². The van der Waals surface area contributed by atoms with Crippen molar-refractivity contribution < 1.29 is 9.47 Å². The molecule has 1 N–H and O–H groups in total. The predicted octanol–water partition coefficient (Wildman–Crippen LogP) is 4.83. The molecule has 1 saturated carbocycles. The first-order chi connectivity index (χ1) is 17.0. The second-order valence-electron chi connectivity index (χ2n) is 8.01. The Bertz CT molecular complexity index is 1430. The fourth-order valence-corrected chi connectivity index (χ4v) is 5.01. The summed E-state index contributed by atoms with van der Waals surface area (Å²) in [5, 5.41) is 11.9. The van der Waals surface area contributed by atoms with Crippen molar-refractivity contribution in [1.82, 2.24) is 29.7 Å². The number of aromatic nitrogens is 6. The van der Waals surface area contributed by atoms with Gasteiger partial charge < -0.3 is 14.8 Å². The van der Waals surface area contributed by atoms with Gasteiger partial charge in [-0.25, -0.2) is 0 Å². The highest BCUT2D eigenvalue weighted by Gasteiger charge is 2.28. The van der Waals surface area contributed by atoms with E-state index in [0.717, 1.165) is 31.4 Å². The van der Waals surface area contributed by atoms with Crippen LogP contribution in [0.1, 0.15) is 31.7 Å². The van der Waals surface area contributed by atoms with Gasteiger partial charge >= 0.3 is 0 Å². The predicted molar refractivity (Wildman–Crippen MR) is 133 cm³/mol. The van der Waals surface area contributed by atoms with Gasteiger partial charge in [0.25, 0.3) is 5.56 Å². The maximum absolute atomic E-state index is 14.0. The van der Waals surface area contributed by atoms with Gasteiger partial charge in [0.1, 0.15) is 15.6 Å². The van der Waals surface area contributed by atoms with E-state index in [1.54, 1.807) is 35.2 Å². The molecular weight excluding hydrogens is 493 g/mol. The number of nitrogens with zero attached hydrogens (tertiary/aromatic N) is 6. The number of pyridine rings is 3. The van der Waals surface area contributed by atoms with Crippen LogP contribution in [0.3, 0.4) is 0 Å². The maximum Gasteiger partial charge on any atom is 0.260 e. The standard InChI is InChI=1S/C23H21Cl2N7O3/c1-34-20-17(24)16(18(25)21(29-20)35-2)14-11-15-19(32(22(14)33)13-5-3-4-6-13)28-23(31-30-15)27-12-7-9-26-10-8-12/h7-11,13H,3-6H2,1-2H3,(H,26,27,28,31). The van der Waals surface area contributed by atoms with Crippen molar-refractivity contribution in [1.29, 1.82) is 0 Å². The van der Waals surface area contributed by atoms with Gasteiger partial charge in [-0.2, -0.15) is 9.97 Å². The Morgan fingerprint density at radius 2 is 1.66 bits per heavy atom. The van der Waals surface area contributed by atoms with Crippen molar-refractivity contribution in [2.75, 3.05) is 19.5 Å². The monoisotopic (exact) mass is 513 g/mol. The Morgan fingerprint density at radius 1 is 1.00 bits per heavy atom. The summed E-state index contributed by atoms with van der Waals surface area (Å²) in [4.78, 5) is 26.8. The SMILES string of the molecule is COc1nc(OC)c(Cl)c(-c2cc3nnc(Nc4ccncc4)nc3n(C3CCCC3)c2=O)c1Cl. The molecule has 0 aliphatic heterocycles. The number of hydrogen-bond donors (Lipinski definition) is 1. The highest BCUT2D eigenvalue weighted by atomic mass is 35.5. The Morgan fingerprint density at radius 3 is 2.29 bits per heavy atom. The zero-order valence-electron chi connectivity index (χ0n) is 19.0. The third-order valence-electron chi connectivity index (χ3n) is 5.95. The summed E-state index contributed by atoms with van der Waals surface area (Å²) >= 11 is 13.2. The summed E-state index contributed by atoms with van der Waals surface area (Å²) in [6.07, 6.45) is 7.04. The average molecular weight is 514 g/mol. The molecule has 10 nitrogen and oxygen atoms in total. The Kier molecular flexibility index (Phi) is 6.40. The Balaban J connectivity index is 1.75. The molecule has 0 unspecified atom stereocenters. The van der Waals surface area contributed by atoms with Gasteiger partial charge in [0, 0.05) is 29.7 Å². The number of rotatable bonds is 6. The largest absolute Gasteiger partial charge is 0.480 e. The third kappa shape index (κ3) is 4.23. The van der Waals surface area contributed by atoms with Crippen LogP contribution in [0.4, 0.5) is 11.6 Å². The quantitative estimate of drug-likeness (QED) is 0.386. The molecule has 1 fully saturated rings. The minimum Gasteiger partial charge on any atom is -0.480 e. The molecule has 4 aromatic heterocycles. The zero-order chi connectivity index (χ0) is 24.5. The van der Waals surface area contributed by atoms with Gasteiger partial charge in [-0.05, 0) is 31.0 Å². The van der Waals surface area contributed by atoms with E-state index in [1.807, 2.05) is 0 Å². The molecule has 1 aliphatic rings. The summed E-state index contributed by atoms with van der Waals surface area (Å²) in [7, 11) is 2.85. The molecule has 0 aromatic carbocycles. The normalized spacial score (nSPS) is 13.8. The zero-order valence-corrected chi connectivity index (χ0v) is 20.5. The summed E-state index contributed by atoms with van der Waals surface area (Å²) in [6.45, 7) is 0. The molecule has 180 valence electrons. The van der Waals surface area contributed by atoms with E-state index in [9.17, 15) is 4.79 Å². The van der Waals surface area contributed by atoms with Gasteiger partial charge in [0.15, 0.2) is 5.65 Å². The van der Waals surface area contributed by atoms with Crippen molar-refractivity contribution in [2.24, 2.45) is 0 Å². The number of nitrogens with one attached hydrogen (secondary N) is 1. The summed E-state index contributed by atoms with van der Waals surface area (Å²) in [5.74, 6) is 0.456. The van der Waals surface area contributed by atoms with Gasteiger partial charge in [-0.1, -0.05) is 36.0 Å². The highest BCUT2D eigenvalue weighted by molar-refractivity contribution is 6.40. The number of hydrogen-bond acceptors (Lipinski definition) is 9. The minimum absolute atomic E-state index is 0.0430. The maximum atomic E-state index is 14.0. The van der Waals surface area contributed by atoms with Gasteiger partial charge in [-0.15, -0.1) is 10.2 Å². The van der Waals surface area contributed by atoms with Crippen molar-refractivity contribution >= 4 is 46.0 Å². The van der Waals surface area contributed by atoms with Gasteiger partial charge in [0.2, 0.25) is 17.7 Å². The third-order valence-corrected chi connectivity index (χ3v) is 6.65. The molecule has 0 bridgehead atoms. The molecule has 12 heteroatoms. The van der Waals surface area contributed by atoms with Crippen molar-refractivity contribution in [3.63, 3.8) is 0 Å². The lowest BCUT2D eigenvalue weighted by molar-refractivity contribution is 0.365. The lowest BCUT2D eigenvalue weighted by Crippen LogP contribution is -2.27. The number of methoxy groups -OCH3 is 2. The molecule has 1 aliphatic carbocycles. The first-order valence-electron chi connectivity index (χ1n) is 11.0. The number of fused-ring (bicyclic) bond motifs is 1. The van der Waals surface area contributed by atoms with Crippen LogP contribution in [0.2, 0.25) is 10.0 Å². The van der Waals surface area contributed by atoms with E-state index in [-0.39, 0.29) is 50.5 Å². The van der Waals surface area contributed by atoms with Crippen LogP contribution in [0.5, 0.6) is 11.8 Å². The van der Waals surface area contributed by atoms with Crippen molar-refractivity contribution in [3.05, 3.63) is 51.0 Å². The van der Waals surface area contributed by atoms with Crippen LogP contribution in [0.25, 0.3) is 22.3 Å². The Hall–Kier alpha value is -3.50. The van der Waals surface area contributed by atoms with Crippen LogP contribution in [-0.4, -0.2) is 43.9 Å². The summed E-state index contributed by atoms with van der Waals surface area (Å²) in [5.41, 5.74) is 1.81. The van der Waals surface area contributed by atoms with Crippen LogP contribution in [0, 0.1) is 0 Å². The molecule has 0 amide bonds. The van der Waals surface area contributed by atoms with Crippen LogP contribution < -0.4 is 20.3 Å². The fraction of sp³-hybridized carbons (Fsp3) is 0.304. The second-order valence-corrected chi connectivity index (χ2v) is 8.77. The molecule has 4 heterocycles. The van der Waals surface area contributed by atoms with E-state index >= 15 is 0 Å². The molecule has 5 rings (SSSR count). The molecule has 4 aromatic rings. The lowest BCUT2D eigenvalue weighted by Gasteiger charge is -2.19. The van der Waals surface area contributed by atoms with Crippen LogP contribution in [0.15, 0.2) is 35.4 Å². The molecular formula is C23H21Cl2N7O3. The molecule has 0 saturated heterocycles. The van der Waals surface area contributed by atoms with E-state index in [0.29, 0.717) is 11.2 Å². The first-order valence-corrected chi connectivity index (χ1v) is 11.7. The topological polar surface area (TPSA) is 117 Å². The fourth-order valence-electron chi connectivity index (χ4n) is 4.33. The van der Waals surface area contributed by atoms with E-state index < -0.39 is 0 Å². The second kappa shape index (κ2) is 9.63. The van der Waals surface area contributed by atoms with Crippen molar-refractivity contribution in [2.45, 2.75) is 31.7 Å². The minimum atomic E-state index is -0.293. The van der Waals surface area contributed by atoms with Crippen molar-refractivity contribution in [3.8, 4) is 22.9 Å². The van der Waals surface area contributed by atoms with Gasteiger partial charge in [0.05, 0.1) is 19.8 Å². The molecule has 0 atom stereocenters. The van der Waals surface area contributed by atoms with E-state index in [1.165, 1.54) is 14.2 Å². The van der Waals surface area contributed by atoms with Crippen LogP contribution >= 0.6 is 23.2 Å². The van der Waals surface area contributed by atoms with Crippen LogP contribution in [-0.2, 0) is 0 Å². The molecule has 35 heavy (non-hydrogen) atoms. The van der Waals surface area contributed by atoms with Gasteiger partial charge in [-0.3, -0.25) is 14.3 Å². The average Bonchev–Trinajstić information content (AvgIpc) is 3.40. The summed E-state index contributed by atoms with van der Waals surface area (Å²) < 4.78 is 12.3. The number of halogens is 2. The smallest absolute Gasteiger partial charge is 0.260 e. The highest BCUT2D eigenvalue weighted by Crippen LogP contribution is 2.43. The molecule has 0 radical (unpaired) electrons. The van der Waals surface area contributed by atoms with E-state index in [4.69, 9.17) is 32.7 Å². The van der Waals surface area contributed by atoms with E-state index in [2.05, 4.69) is 30.5 Å². The first kappa shape index (κ1) is 23.3.